The quantitative estimate of drug-likeness (QED) is 0.940. The SMILES string of the molecule is COc1ccc(C(N)c2cccnc2)c(OC)c1Br. The van der Waals surface area contributed by atoms with Crippen LogP contribution < -0.4 is 15.2 Å². The van der Waals surface area contributed by atoms with Gasteiger partial charge in [-0.25, -0.2) is 0 Å². The Morgan fingerprint density at radius 1 is 1.21 bits per heavy atom. The molecule has 4 nitrogen and oxygen atoms in total. The van der Waals surface area contributed by atoms with Crippen molar-refractivity contribution in [3.05, 3.63) is 52.3 Å². The third-order valence-electron chi connectivity index (χ3n) is 2.89. The van der Waals surface area contributed by atoms with Crippen LogP contribution in [0, 0.1) is 0 Å². The highest BCUT2D eigenvalue weighted by molar-refractivity contribution is 9.10. The molecule has 0 aliphatic heterocycles. The number of aromatic nitrogens is 1. The van der Waals surface area contributed by atoms with Gasteiger partial charge in [-0.1, -0.05) is 6.07 Å². The molecular weight excluding hydrogens is 308 g/mol. The lowest BCUT2D eigenvalue weighted by Crippen LogP contribution is -2.13. The van der Waals surface area contributed by atoms with Crippen LogP contribution in [-0.2, 0) is 0 Å². The van der Waals surface area contributed by atoms with Crippen molar-refractivity contribution in [1.29, 1.82) is 0 Å². The molecule has 1 heterocycles. The second-order valence-corrected chi connectivity index (χ2v) is 4.76. The van der Waals surface area contributed by atoms with E-state index in [9.17, 15) is 0 Å². The second-order valence-electron chi connectivity index (χ2n) is 3.97. The standard InChI is InChI=1S/C14H15BrN2O2/c1-18-11-6-5-10(14(19-2)12(11)15)13(16)9-4-3-7-17-8-9/h3-8,13H,16H2,1-2H3. The van der Waals surface area contributed by atoms with Crippen LogP contribution in [0.3, 0.4) is 0 Å². The zero-order valence-electron chi connectivity index (χ0n) is 10.8. The Morgan fingerprint density at radius 3 is 2.58 bits per heavy atom. The summed E-state index contributed by atoms with van der Waals surface area (Å²) in [5.74, 6) is 1.38. The van der Waals surface area contributed by atoms with Crippen LogP contribution in [0.4, 0.5) is 0 Å². The number of nitrogens with zero attached hydrogens (tertiary/aromatic N) is 1. The first-order valence-electron chi connectivity index (χ1n) is 5.75. The Bertz CT molecular complexity index is 561. The van der Waals surface area contributed by atoms with Gasteiger partial charge >= 0.3 is 0 Å². The largest absolute Gasteiger partial charge is 0.495 e. The normalized spacial score (nSPS) is 12.0. The van der Waals surface area contributed by atoms with Crippen LogP contribution in [0.1, 0.15) is 17.2 Å². The van der Waals surface area contributed by atoms with E-state index in [1.165, 1.54) is 0 Å². The molecule has 0 fully saturated rings. The molecule has 0 spiro atoms. The van der Waals surface area contributed by atoms with Gasteiger partial charge in [0.15, 0.2) is 0 Å². The topological polar surface area (TPSA) is 57.4 Å². The number of halogens is 1. The van der Waals surface area contributed by atoms with Gasteiger partial charge in [-0.3, -0.25) is 4.98 Å². The fraction of sp³-hybridized carbons (Fsp3) is 0.214. The lowest BCUT2D eigenvalue weighted by Gasteiger charge is -2.18. The van der Waals surface area contributed by atoms with Crippen LogP contribution in [-0.4, -0.2) is 19.2 Å². The summed E-state index contributed by atoms with van der Waals surface area (Å²) in [6.45, 7) is 0. The Hall–Kier alpha value is -1.59. The van der Waals surface area contributed by atoms with Crippen LogP contribution >= 0.6 is 15.9 Å². The van der Waals surface area contributed by atoms with Crippen molar-refractivity contribution < 1.29 is 9.47 Å². The summed E-state index contributed by atoms with van der Waals surface area (Å²) in [5, 5.41) is 0. The molecule has 1 unspecified atom stereocenters. The van der Waals surface area contributed by atoms with Crippen molar-refractivity contribution in [3.63, 3.8) is 0 Å². The van der Waals surface area contributed by atoms with Crippen LogP contribution in [0.25, 0.3) is 0 Å². The average Bonchev–Trinajstić information content (AvgIpc) is 2.47. The summed E-state index contributed by atoms with van der Waals surface area (Å²) >= 11 is 3.47. The molecule has 2 rings (SSSR count). The smallest absolute Gasteiger partial charge is 0.141 e. The van der Waals surface area contributed by atoms with Crippen molar-refractivity contribution in [3.8, 4) is 11.5 Å². The van der Waals surface area contributed by atoms with E-state index in [0.717, 1.165) is 15.6 Å². The molecule has 0 radical (unpaired) electrons. The minimum atomic E-state index is -0.300. The van der Waals surface area contributed by atoms with E-state index in [2.05, 4.69) is 20.9 Å². The highest BCUT2D eigenvalue weighted by atomic mass is 79.9. The maximum atomic E-state index is 6.27. The lowest BCUT2D eigenvalue weighted by atomic mass is 10.00. The van der Waals surface area contributed by atoms with Crippen molar-refractivity contribution in [2.75, 3.05) is 14.2 Å². The highest BCUT2D eigenvalue weighted by Crippen LogP contribution is 2.40. The van der Waals surface area contributed by atoms with Crippen molar-refractivity contribution in [2.45, 2.75) is 6.04 Å². The molecule has 0 aliphatic rings. The molecule has 0 aliphatic carbocycles. The summed E-state index contributed by atoms with van der Waals surface area (Å²) < 4.78 is 11.4. The number of benzene rings is 1. The second kappa shape index (κ2) is 6.04. The highest BCUT2D eigenvalue weighted by Gasteiger charge is 2.19. The molecule has 0 saturated carbocycles. The fourth-order valence-corrected chi connectivity index (χ4v) is 2.59. The van der Waals surface area contributed by atoms with Crippen molar-refractivity contribution in [2.24, 2.45) is 5.73 Å². The van der Waals surface area contributed by atoms with Crippen LogP contribution in [0.15, 0.2) is 41.1 Å². The summed E-state index contributed by atoms with van der Waals surface area (Å²) in [4.78, 5) is 4.09. The molecule has 1 aromatic carbocycles. The summed E-state index contributed by atoms with van der Waals surface area (Å²) in [6, 6.07) is 7.26. The first kappa shape index (κ1) is 13.8. The van der Waals surface area contributed by atoms with Gasteiger partial charge in [0.05, 0.1) is 20.3 Å². The maximum Gasteiger partial charge on any atom is 0.141 e. The molecule has 0 bridgehead atoms. The number of pyridine rings is 1. The zero-order chi connectivity index (χ0) is 13.8. The molecule has 19 heavy (non-hydrogen) atoms. The molecular formula is C14H15BrN2O2. The lowest BCUT2D eigenvalue weighted by molar-refractivity contribution is 0.385. The molecule has 1 atom stereocenters. The molecule has 1 aromatic heterocycles. The number of hydrogen-bond donors (Lipinski definition) is 1. The van der Waals surface area contributed by atoms with Gasteiger partial charge in [0, 0.05) is 18.0 Å². The van der Waals surface area contributed by atoms with Gasteiger partial charge in [-0.15, -0.1) is 0 Å². The van der Waals surface area contributed by atoms with Crippen molar-refractivity contribution in [1.82, 2.24) is 4.98 Å². The summed E-state index contributed by atoms with van der Waals surface area (Å²) in [7, 11) is 3.22. The number of methoxy groups -OCH3 is 2. The van der Waals surface area contributed by atoms with Gasteiger partial charge in [0.25, 0.3) is 0 Å². The van der Waals surface area contributed by atoms with E-state index in [1.54, 1.807) is 26.6 Å². The summed E-state index contributed by atoms with van der Waals surface area (Å²) in [6.07, 6.45) is 3.47. The van der Waals surface area contributed by atoms with Gasteiger partial charge < -0.3 is 15.2 Å². The fourth-order valence-electron chi connectivity index (χ4n) is 1.90. The van der Waals surface area contributed by atoms with Crippen LogP contribution in [0.5, 0.6) is 11.5 Å². The first-order chi connectivity index (χ1) is 9.19. The van der Waals surface area contributed by atoms with E-state index in [4.69, 9.17) is 15.2 Å². The Labute approximate surface area is 120 Å². The van der Waals surface area contributed by atoms with Gasteiger partial charge in [0.2, 0.25) is 0 Å². The predicted molar refractivity (Wildman–Crippen MR) is 77.5 cm³/mol. The Morgan fingerprint density at radius 2 is 2.00 bits per heavy atom. The predicted octanol–water partition coefficient (Wildman–Crippen LogP) is 2.91. The molecule has 2 aromatic rings. The average molecular weight is 323 g/mol. The third kappa shape index (κ3) is 2.72. The monoisotopic (exact) mass is 322 g/mol. The minimum Gasteiger partial charge on any atom is -0.495 e. The molecule has 2 N–H and O–H groups in total. The number of rotatable bonds is 4. The first-order valence-corrected chi connectivity index (χ1v) is 6.54. The molecule has 0 saturated heterocycles. The molecule has 5 heteroatoms. The van der Waals surface area contributed by atoms with Crippen LogP contribution in [0.2, 0.25) is 0 Å². The third-order valence-corrected chi connectivity index (χ3v) is 3.65. The van der Waals surface area contributed by atoms with E-state index < -0.39 is 0 Å². The van der Waals surface area contributed by atoms with E-state index in [-0.39, 0.29) is 6.04 Å². The van der Waals surface area contributed by atoms with Gasteiger partial charge in [-0.05, 0) is 39.7 Å². The number of ether oxygens (including phenoxy) is 2. The van der Waals surface area contributed by atoms with E-state index >= 15 is 0 Å². The Balaban J connectivity index is 2.48. The maximum absolute atomic E-state index is 6.27. The molecule has 0 amide bonds. The number of hydrogen-bond acceptors (Lipinski definition) is 4. The van der Waals surface area contributed by atoms with Gasteiger partial charge in [0.1, 0.15) is 16.0 Å². The van der Waals surface area contributed by atoms with E-state index in [0.29, 0.717) is 11.5 Å². The van der Waals surface area contributed by atoms with Crippen molar-refractivity contribution >= 4 is 15.9 Å². The van der Waals surface area contributed by atoms with Gasteiger partial charge in [-0.2, -0.15) is 0 Å². The molecule has 100 valence electrons. The van der Waals surface area contributed by atoms with E-state index in [1.807, 2.05) is 24.3 Å². The zero-order valence-corrected chi connectivity index (χ0v) is 12.3. The Kier molecular flexibility index (Phi) is 4.39. The minimum absolute atomic E-state index is 0.300. The number of nitrogens with two attached hydrogens (primary N) is 1. The summed E-state index contributed by atoms with van der Waals surface area (Å²) in [5.41, 5.74) is 8.08.